The molecule has 43 heavy (non-hydrogen) atoms. The highest BCUT2D eigenvalue weighted by Gasteiger charge is 2.53. The molecule has 2 aliphatic rings. The molecule has 7 N–H and O–H groups in total. The van der Waals surface area contributed by atoms with Gasteiger partial charge in [-0.1, -0.05) is 5.16 Å². The number of hydrogen-bond donors (Lipinski definition) is 4. The zero-order valence-corrected chi connectivity index (χ0v) is 24.5. The number of nitrogen functional groups attached to an aromatic ring is 1. The molecule has 0 radical (unpaired) electrons. The maximum atomic E-state index is 13.2. The molecule has 226 valence electrons. The van der Waals surface area contributed by atoms with Crippen LogP contribution >= 0.6 is 23.3 Å². The first-order valence-corrected chi connectivity index (χ1v) is 14.9. The number of carbonyl (C=O) groups is 3. The van der Waals surface area contributed by atoms with E-state index in [0.29, 0.717) is 30.7 Å². The highest BCUT2D eigenvalue weighted by molar-refractivity contribution is 8.00. The first kappa shape index (κ1) is 29.7. The van der Waals surface area contributed by atoms with Gasteiger partial charge in [0.25, 0.3) is 11.8 Å². The molecule has 0 bridgehead atoms. The monoisotopic (exact) mass is 628 g/mol. The van der Waals surface area contributed by atoms with Crippen molar-refractivity contribution >= 4 is 69.0 Å². The summed E-state index contributed by atoms with van der Waals surface area (Å²) in [7, 11) is 0. The smallest absolute Gasteiger partial charge is 0.349 e. The molecule has 1 fully saturated rings. The molecule has 19 heteroatoms. The van der Waals surface area contributed by atoms with Crippen LogP contribution in [0.25, 0.3) is 11.2 Å². The Morgan fingerprint density at radius 1 is 1.35 bits per heavy atom. The number of aliphatic imine (C=N–C) groups is 1. The van der Waals surface area contributed by atoms with E-state index in [0.717, 1.165) is 21.9 Å². The van der Waals surface area contributed by atoms with Crippen molar-refractivity contribution in [2.45, 2.75) is 37.8 Å². The number of nitrogens with two attached hydrogens (primary N) is 3. The summed E-state index contributed by atoms with van der Waals surface area (Å²) in [5, 5.41) is 18.2. The molecule has 3 aromatic rings. The van der Waals surface area contributed by atoms with Gasteiger partial charge in [0.2, 0.25) is 17.9 Å². The van der Waals surface area contributed by atoms with E-state index in [4.69, 9.17) is 22.0 Å². The van der Waals surface area contributed by atoms with Gasteiger partial charge >= 0.3 is 5.65 Å². The standard InChI is InChI=1S/C24H28N12O5S2/c1-2-41-32-14(17-31-24(27)43-33-17)19(37)30-15-20(38)36-16(22(39)40)12(10-42-21(15)36)9-34-7-3-5-13-18(34)29-11-35(13)8-4-6-28-23(25)26/h3,5,7,11,15,21H,2,4,6,8-10H2,1H3,(H7-,25,26,27,28,30,31,33,37,39,40)/b32-14-. The normalized spacial score (nSPS) is 18.3. The molecule has 2 atom stereocenters. The van der Waals surface area contributed by atoms with Crippen LogP contribution in [0.4, 0.5) is 5.13 Å². The number of carbonyl (C=O) groups excluding carboxylic acids is 3. The van der Waals surface area contributed by atoms with Gasteiger partial charge in [0, 0.05) is 35.9 Å². The van der Waals surface area contributed by atoms with Crippen molar-refractivity contribution in [1.29, 1.82) is 0 Å². The highest BCUT2D eigenvalue weighted by atomic mass is 32.2. The van der Waals surface area contributed by atoms with Gasteiger partial charge in [-0.2, -0.15) is 9.36 Å². The molecule has 17 nitrogen and oxygen atoms in total. The van der Waals surface area contributed by atoms with Gasteiger partial charge in [-0.3, -0.25) is 19.5 Å². The Labute approximate surface area is 252 Å². The van der Waals surface area contributed by atoms with Crippen LogP contribution in [-0.2, 0) is 32.3 Å². The van der Waals surface area contributed by atoms with Crippen molar-refractivity contribution in [3.05, 3.63) is 41.8 Å². The van der Waals surface area contributed by atoms with Crippen LogP contribution in [-0.4, -0.2) is 83.6 Å². The predicted octanol–water partition coefficient (Wildman–Crippen LogP) is -2.73. The van der Waals surface area contributed by atoms with Crippen LogP contribution in [0.5, 0.6) is 0 Å². The second kappa shape index (κ2) is 12.6. The number of aromatic nitrogens is 5. The lowest BCUT2D eigenvalue weighted by Crippen LogP contribution is -2.71. The lowest BCUT2D eigenvalue weighted by atomic mass is 10.0. The number of aliphatic carboxylic acids is 1. The maximum absolute atomic E-state index is 13.2. The van der Waals surface area contributed by atoms with E-state index in [1.165, 1.54) is 11.8 Å². The molecule has 5 heterocycles. The molecule has 0 aromatic carbocycles. The first-order chi connectivity index (χ1) is 20.7. The minimum absolute atomic E-state index is 0.0334. The zero-order valence-electron chi connectivity index (χ0n) is 22.9. The molecule has 2 unspecified atom stereocenters. The molecule has 0 aliphatic carbocycles. The number of anilines is 1. The van der Waals surface area contributed by atoms with Crippen LogP contribution in [0, 0.1) is 0 Å². The van der Waals surface area contributed by atoms with Crippen LogP contribution < -0.4 is 32.2 Å². The molecule has 5 rings (SSSR count). The summed E-state index contributed by atoms with van der Waals surface area (Å²) in [6, 6.07) is 2.73. The second-order valence-corrected chi connectivity index (χ2v) is 11.2. The van der Waals surface area contributed by atoms with E-state index >= 15 is 0 Å². The summed E-state index contributed by atoms with van der Waals surface area (Å²) in [4.78, 5) is 57.2. The molecular formula is C24H28N12O5S2. The number of aryl methyl sites for hydroxylation is 1. The first-order valence-electron chi connectivity index (χ1n) is 13.1. The lowest BCUT2D eigenvalue weighted by molar-refractivity contribution is -0.664. The number of thioether (sulfide) groups is 1. The van der Waals surface area contributed by atoms with Gasteiger partial charge in [-0.15, -0.1) is 11.8 Å². The SMILES string of the molecule is CCO/N=C(\C(=O)NC1C(=O)N2C(C(=O)[O-])=C(C[n+]3cccc4c3ncn4CCCN=C(N)N)CSC12)c1nsc(N)n1. The second-order valence-electron chi connectivity index (χ2n) is 9.36. The van der Waals surface area contributed by atoms with Crippen LogP contribution in [0.2, 0.25) is 0 Å². The number of fused-ring (bicyclic) bond motifs is 2. The molecule has 0 spiro atoms. The Balaban J connectivity index is 1.33. The Morgan fingerprint density at radius 3 is 2.86 bits per heavy atom. The highest BCUT2D eigenvalue weighted by Crippen LogP contribution is 2.40. The Morgan fingerprint density at radius 2 is 2.16 bits per heavy atom. The molecular weight excluding hydrogens is 600 g/mol. The van der Waals surface area contributed by atoms with E-state index in [-0.39, 0.29) is 47.2 Å². The molecule has 1 saturated heterocycles. The number of rotatable bonds is 12. The number of guanidine groups is 1. The van der Waals surface area contributed by atoms with Gasteiger partial charge in [0.1, 0.15) is 30.1 Å². The summed E-state index contributed by atoms with van der Waals surface area (Å²) < 4.78 is 7.76. The number of carboxylic acids is 1. The minimum Gasteiger partial charge on any atom is -0.543 e. The van der Waals surface area contributed by atoms with E-state index < -0.39 is 29.2 Å². The van der Waals surface area contributed by atoms with E-state index in [1.807, 2.05) is 21.3 Å². The summed E-state index contributed by atoms with van der Waals surface area (Å²) >= 11 is 2.19. The number of pyridine rings is 1. The van der Waals surface area contributed by atoms with Crippen molar-refractivity contribution in [3.63, 3.8) is 0 Å². The van der Waals surface area contributed by atoms with Crippen molar-refractivity contribution in [1.82, 2.24) is 29.1 Å². The summed E-state index contributed by atoms with van der Waals surface area (Å²) in [6.07, 6.45) is 4.18. The third-order valence-electron chi connectivity index (χ3n) is 6.54. The number of carboxylic acid groups (broad SMARTS) is 1. The maximum Gasteiger partial charge on any atom is 0.349 e. The average molecular weight is 629 g/mol. The summed E-state index contributed by atoms with van der Waals surface area (Å²) in [5.41, 5.74) is 17.9. The molecule has 2 amide bonds. The minimum atomic E-state index is -1.49. The fraction of sp³-hybridized carbons (Fsp3) is 0.375. The number of hydrogen-bond acceptors (Lipinski definition) is 13. The lowest BCUT2D eigenvalue weighted by Gasteiger charge is -2.50. The topological polar surface area (TPSA) is 249 Å². The number of nitrogens with one attached hydrogen (secondary N) is 1. The molecule has 3 aromatic heterocycles. The number of β-lactam (4-membered cyclic amide) rings is 1. The van der Waals surface area contributed by atoms with E-state index in [1.54, 1.807) is 19.4 Å². The Hall–Kier alpha value is -4.78. The number of imidazole rings is 1. The van der Waals surface area contributed by atoms with Crippen molar-refractivity contribution in [3.8, 4) is 0 Å². The number of amides is 2. The number of oxime groups is 1. The van der Waals surface area contributed by atoms with Crippen LogP contribution in [0.15, 0.2) is 46.1 Å². The van der Waals surface area contributed by atoms with Crippen molar-refractivity contribution in [2.75, 3.05) is 24.6 Å². The predicted molar refractivity (Wildman–Crippen MR) is 155 cm³/mol. The van der Waals surface area contributed by atoms with Gasteiger partial charge in [-0.25, -0.2) is 4.57 Å². The van der Waals surface area contributed by atoms with Crippen molar-refractivity contribution < 1.29 is 28.9 Å². The quantitative estimate of drug-likeness (QED) is 0.0398. The summed E-state index contributed by atoms with van der Waals surface area (Å²) in [6.45, 7) is 3.12. The van der Waals surface area contributed by atoms with Gasteiger partial charge in [0.05, 0.1) is 17.9 Å². The van der Waals surface area contributed by atoms with Crippen LogP contribution in [0.1, 0.15) is 19.2 Å². The third kappa shape index (κ3) is 6.07. The van der Waals surface area contributed by atoms with Gasteiger partial charge in [0.15, 0.2) is 11.1 Å². The Kier molecular flexibility index (Phi) is 8.71. The van der Waals surface area contributed by atoms with E-state index in [2.05, 4.69) is 29.8 Å². The molecule has 2 aliphatic heterocycles. The van der Waals surface area contributed by atoms with Gasteiger partial charge in [-0.05, 0) is 30.5 Å². The van der Waals surface area contributed by atoms with Crippen molar-refractivity contribution in [2.24, 2.45) is 21.6 Å². The van der Waals surface area contributed by atoms with Crippen LogP contribution in [0.3, 0.4) is 0 Å². The zero-order chi connectivity index (χ0) is 30.7. The van der Waals surface area contributed by atoms with E-state index in [9.17, 15) is 19.5 Å². The van der Waals surface area contributed by atoms with Gasteiger partial charge < -0.3 is 41.8 Å². The average Bonchev–Trinajstić information content (AvgIpc) is 3.60. The fourth-order valence-corrected chi connectivity index (χ4v) is 6.46. The third-order valence-corrected chi connectivity index (χ3v) is 8.43. The summed E-state index contributed by atoms with van der Waals surface area (Å²) in [5.74, 6) is -2.59. The number of nitrogens with zero attached hydrogens (tertiary/aromatic N) is 8. The fourth-order valence-electron chi connectivity index (χ4n) is 4.69. The largest absolute Gasteiger partial charge is 0.543 e. The Bertz CT molecular complexity index is 1660. The molecule has 0 saturated carbocycles.